The van der Waals surface area contributed by atoms with Gasteiger partial charge in [0.2, 0.25) is 0 Å². The molecule has 3 nitrogen and oxygen atoms in total. The first-order valence-corrected chi connectivity index (χ1v) is 3.10. The number of hydrogen-bond acceptors (Lipinski definition) is 2. The SMILES string of the molecule is O=S(O)(O)=S.[Cd]. The van der Waals surface area contributed by atoms with E-state index in [0.717, 1.165) is 0 Å². The van der Waals surface area contributed by atoms with Gasteiger partial charge in [-0.1, -0.05) is 0 Å². The second-order valence-electron chi connectivity index (χ2n) is 0.448. The van der Waals surface area contributed by atoms with Crippen molar-refractivity contribution in [1.82, 2.24) is 0 Å². The van der Waals surface area contributed by atoms with Crippen LogP contribution in [0.15, 0.2) is 0 Å². The predicted octanol–water partition coefficient (Wildman–Crippen LogP) is -0.324. The van der Waals surface area contributed by atoms with Crippen LogP contribution in [0.5, 0.6) is 0 Å². The molecule has 0 bridgehead atoms. The van der Waals surface area contributed by atoms with Gasteiger partial charge in [-0.05, 0) is 0 Å². The molecule has 0 aromatic rings. The van der Waals surface area contributed by atoms with Gasteiger partial charge < -0.3 is 0 Å². The van der Waals surface area contributed by atoms with Gasteiger partial charge in [0.15, 0.2) is 0 Å². The molecule has 0 fully saturated rings. The summed E-state index contributed by atoms with van der Waals surface area (Å²) < 4.78 is 24.0. The van der Waals surface area contributed by atoms with Gasteiger partial charge in [0, 0.05) is 38.5 Å². The molecule has 0 aromatic carbocycles. The Morgan fingerprint density at radius 2 is 1.50 bits per heavy atom. The van der Waals surface area contributed by atoms with E-state index in [4.69, 9.17) is 13.3 Å². The molecule has 0 heterocycles. The average molecular weight is 227 g/mol. The van der Waals surface area contributed by atoms with Crippen molar-refractivity contribution in [2.75, 3.05) is 0 Å². The van der Waals surface area contributed by atoms with Gasteiger partial charge in [-0.3, -0.25) is 9.11 Å². The molecule has 0 amide bonds. The minimum atomic E-state index is -3.83. The van der Waals surface area contributed by atoms with Crippen LogP contribution >= 0.6 is 0 Å². The second-order valence-corrected chi connectivity index (χ2v) is 2.65. The van der Waals surface area contributed by atoms with Crippen molar-refractivity contribution < 1.29 is 40.6 Å². The fraction of sp³-hybridized carbons (Fsp3) is 0. The Labute approximate surface area is 60.6 Å². The fourth-order valence-corrected chi connectivity index (χ4v) is 0. The molecule has 0 atom stereocenters. The van der Waals surface area contributed by atoms with Crippen molar-refractivity contribution in [2.24, 2.45) is 0 Å². The monoisotopic (exact) mass is 228 g/mol. The van der Waals surface area contributed by atoms with E-state index in [0.29, 0.717) is 0 Å². The van der Waals surface area contributed by atoms with E-state index in [2.05, 4.69) is 11.2 Å². The Morgan fingerprint density at radius 3 is 1.50 bits per heavy atom. The van der Waals surface area contributed by atoms with Gasteiger partial charge in [0.05, 0.1) is 0 Å². The maximum absolute atomic E-state index is 9.11. The van der Waals surface area contributed by atoms with Gasteiger partial charge in [-0.15, -0.1) is 0 Å². The van der Waals surface area contributed by atoms with Crippen LogP contribution in [-0.2, 0) is 47.5 Å². The summed E-state index contributed by atoms with van der Waals surface area (Å²) in [5, 5.41) is 0. The molecule has 0 aromatic heterocycles. The molecule has 0 saturated carbocycles. The summed E-state index contributed by atoms with van der Waals surface area (Å²) in [5.74, 6) is 0. The Morgan fingerprint density at radius 1 is 1.50 bits per heavy atom. The zero-order valence-corrected chi connectivity index (χ0v) is 8.50. The van der Waals surface area contributed by atoms with E-state index >= 15 is 0 Å². The van der Waals surface area contributed by atoms with Crippen molar-refractivity contribution in [3.8, 4) is 0 Å². The van der Waals surface area contributed by atoms with E-state index in [1.165, 1.54) is 0 Å². The zero-order chi connectivity index (χ0) is 4.50. The Bertz CT molecular complexity index is 92.0. The van der Waals surface area contributed by atoms with Gasteiger partial charge in [0.25, 0.3) is 9.05 Å². The van der Waals surface area contributed by atoms with Crippen LogP contribution in [0.25, 0.3) is 0 Å². The fourth-order valence-electron chi connectivity index (χ4n) is 0. The molecule has 0 rings (SSSR count). The van der Waals surface area contributed by atoms with Crippen molar-refractivity contribution in [2.45, 2.75) is 0 Å². The minimum Gasteiger partial charge on any atom is -0.285 e. The van der Waals surface area contributed by atoms with E-state index < -0.39 is 9.05 Å². The normalized spacial score (nSPS) is 9.67. The summed E-state index contributed by atoms with van der Waals surface area (Å²) in [4.78, 5) is 0. The van der Waals surface area contributed by atoms with E-state index in [1.807, 2.05) is 0 Å². The summed E-state index contributed by atoms with van der Waals surface area (Å²) in [7, 11) is -3.83. The molecule has 34 valence electrons. The average Bonchev–Trinajstić information content (AvgIpc) is 0.722. The maximum atomic E-state index is 9.11. The largest absolute Gasteiger partial charge is 0.285 e. The third-order valence-electron chi connectivity index (χ3n) is 0. The smallest absolute Gasteiger partial charge is 0.263 e. The summed E-state index contributed by atoms with van der Waals surface area (Å²) in [5.41, 5.74) is 0. The molecule has 0 aliphatic carbocycles. The molecule has 2 N–H and O–H groups in total. The van der Waals surface area contributed by atoms with Crippen molar-refractivity contribution in [3.05, 3.63) is 0 Å². The molecular formula is H2CdO3S2. The first kappa shape index (κ1) is 10.2. The first-order valence-electron chi connectivity index (χ1n) is 0.698. The molecule has 6 heteroatoms. The van der Waals surface area contributed by atoms with E-state index in [9.17, 15) is 0 Å². The third kappa shape index (κ3) is 62.9. The molecule has 0 unspecified atom stereocenters. The van der Waals surface area contributed by atoms with E-state index in [1.54, 1.807) is 0 Å². The standard InChI is InChI=1S/Cd.H2O3S2/c;1-5(2,3)4/h;(H2,1,2,3,4). The summed E-state index contributed by atoms with van der Waals surface area (Å²) in [6, 6.07) is 0. The van der Waals surface area contributed by atoms with Crippen LogP contribution in [0, 0.1) is 0 Å². The van der Waals surface area contributed by atoms with Crippen LogP contribution in [0.1, 0.15) is 0 Å². The zero-order valence-electron chi connectivity index (χ0n) is 2.83. The van der Waals surface area contributed by atoms with Gasteiger partial charge in [0.1, 0.15) is 0 Å². The third-order valence-corrected chi connectivity index (χ3v) is 0. The molecule has 0 radical (unpaired) electrons. The van der Waals surface area contributed by atoms with Crippen molar-refractivity contribution in [3.63, 3.8) is 0 Å². The van der Waals surface area contributed by atoms with Crippen molar-refractivity contribution >= 4 is 20.2 Å². The predicted molar refractivity (Wildman–Crippen MR) is 20.8 cm³/mol. The van der Waals surface area contributed by atoms with Gasteiger partial charge >= 0.3 is 0 Å². The van der Waals surface area contributed by atoms with Gasteiger partial charge in [-0.25, -0.2) is 0 Å². The second kappa shape index (κ2) is 3.24. The topological polar surface area (TPSA) is 57.5 Å². The van der Waals surface area contributed by atoms with Crippen LogP contribution in [0.3, 0.4) is 0 Å². The van der Waals surface area contributed by atoms with Crippen molar-refractivity contribution in [1.29, 1.82) is 0 Å². The molecule has 0 aliphatic rings. The van der Waals surface area contributed by atoms with Crippen LogP contribution in [0.4, 0.5) is 0 Å². The van der Waals surface area contributed by atoms with Gasteiger partial charge in [-0.2, -0.15) is 4.21 Å². The quantitative estimate of drug-likeness (QED) is 0.556. The molecular weight excluding hydrogens is 225 g/mol. The van der Waals surface area contributed by atoms with E-state index in [-0.39, 0.29) is 27.3 Å². The maximum Gasteiger partial charge on any atom is 0.263 e. The Hall–Kier alpha value is 1.21. The molecule has 0 spiro atoms. The summed E-state index contributed by atoms with van der Waals surface area (Å²) >= 11 is 3.47. The summed E-state index contributed by atoms with van der Waals surface area (Å²) in [6.07, 6.45) is 0. The summed E-state index contributed by atoms with van der Waals surface area (Å²) in [6.45, 7) is 0. The number of hydrogen-bond donors (Lipinski definition) is 2. The molecule has 6 heavy (non-hydrogen) atoms. The molecule has 0 aliphatic heterocycles. The van der Waals surface area contributed by atoms with Crippen LogP contribution < -0.4 is 0 Å². The Kier molecular flexibility index (Phi) is 5.54. The van der Waals surface area contributed by atoms with Crippen LogP contribution in [0.2, 0.25) is 0 Å². The minimum absolute atomic E-state index is 0. The Balaban J connectivity index is 0. The molecule has 0 saturated heterocycles. The number of rotatable bonds is 0. The van der Waals surface area contributed by atoms with Crippen LogP contribution in [-0.4, -0.2) is 13.3 Å². The first-order chi connectivity index (χ1) is 2.00.